The van der Waals surface area contributed by atoms with Gasteiger partial charge in [0.25, 0.3) is 0 Å². The molecule has 0 unspecified atom stereocenters. The van der Waals surface area contributed by atoms with Crippen molar-refractivity contribution in [3.63, 3.8) is 0 Å². The molecule has 96 valence electrons. The summed E-state index contributed by atoms with van der Waals surface area (Å²) >= 11 is 7.76. The van der Waals surface area contributed by atoms with Crippen LogP contribution in [0, 0.1) is 0 Å². The van der Waals surface area contributed by atoms with Crippen molar-refractivity contribution in [2.24, 2.45) is 0 Å². The van der Waals surface area contributed by atoms with Crippen molar-refractivity contribution in [1.29, 1.82) is 0 Å². The molecule has 18 heavy (non-hydrogen) atoms. The lowest BCUT2D eigenvalue weighted by Crippen LogP contribution is -2.00. The molecular formula is C13H16ClN3S. The van der Waals surface area contributed by atoms with E-state index in [4.69, 9.17) is 17.3 Å². The molecule has 0 saturated carbocycles. The number of nitrogens with two attached hydrogens (primary N) is 1. The fraction of sp³-hybridized carbons (Fsp3) is 0.308. The molecule has 1 aromatic carbocycles. The van der Waals surface area contributed by atoms with Gasteiger partial charge in [0, 0.05) is 23.5 Å². The van der Waals surface area contributed by atoms with Crippen molar-refractivity contribution in [3.05, 3.63) is 47.1 Å². The number of aryl methyl sites for hydroxylation is 1. The lowest BCUT2D eigenvalue weighted by atomic mass is 10.2. The summed E-state index contributed by atoms with van der Waals surface area (Å²) in [6.07, 6.45) is 3.01. The van der Waals surface area contributed by atoms with Gasteiger partial charge in [-0.15, -0.1) is 0 Å². The highest BCUT2D eigenvalue weighted by Gasteiger charge is 1.96. The van der Waals surface area contributed by atoms with Crippen LogP contribution in [-0.2, 0) is 12.3 Å². The van der Waals surface area contributed by atoms with Crippen LogP contribution in [0.5, 0.6) is 0 Å². The first kappa shape index (κ1) is 13.3. The first-order valence-electron chi connectivity index (χ1n) is 5.85. The Bertz CT molecular complexity index is 481. The van der Waals surface area contributed by atoms with E-state index in [2.05, 4.69) is 17.2 Å². The molecule has 1 aromatic heterocycles. The van der Waals surface area contributed by atoms with Crippen LogP contribution >= 0.6 is 23.4 Å². The van der Waals surface area contributed by atoms with Gasteiger partial charge in [0.2, 0.25) is 0 Å². The molecule has 0 fully saturated rings. The maximum Gasteiger partial charge on any atom is 0.145 e. The normalized spacial score (nSPS) is 10.7. The number of hydrogen-bond acceptors (Lipinski definition) is 3. The van der Waals surface area contributed by atoms with Gasteiger partial charge in [-0.2, -0.15) is 16.9 Å². The second-order valence-electron chi connectivity index (χ2n) is 4.04. The Hall–Kier alpha value is -1.13. The van der Waals surface area contributed by atoms with Gasteiger partial charge in [0.05, 0.1) is 0 Å². The van der Waals surface area contributed by atoms with E-state index in [0.29, 0.717) is 5.82 Å². The summed E-state index contributed by atoms with van der Waals surface area (Å²) in [4.78, 5) is 0. The van der Waals surface area contributed by atoms with Gasteiger partial charge in [-0.25, -0.2) is 0 Å². The molecule has 0 aliphatic heterocycles. The molecule has 0 spiro atoms. The zero-order valence-electron chi connectivity index (χ0n) is 10.1. The molecule has 2 aromatic rings. The van der Waals surface area contributed by atoms with Gasteiger partial charge >= 0.3 is 0 Å². The Balaban J connectivity index is 1.63. The zero-order chi connectivity index (χ0) is 12.8. The minimum atomic E-state index is 0.587. The maximum atomic E-state index is 5.84. The first-order chi connectivity index (χ1) is 8.74. The third-order valence-corrected chi connectivity index (χ3v) is 3.89. The number of hydrogen-bond donors (Lipinski definition) is 1. The predicted octanol–water partition coefficient (Wildman–Crippen LogP) is 3.44. The lowest BCUT2D eigenvalue weighted by Gasteiger charge is -2.03. The molecule has 2 N–H and O–H groups in total. The molecule has 5 heteroatoms. The van der Waals surface area contributed by atoms with Crippen molar-refractivity contribution in [1.82, 2.24) is 9.78 Å². The van der Waals surface area contributed by atoms with Crippen LogP contribution in [0.1, 0.15) is 12.0 Å². The summed E-state index contributed by atoms with van der Waals surface area (Å²) in [7, 11) is 0. The summed E-state index contributed by atoms with van der Waals surface area (Å²) in [5.41, 5.74) is 6.86. The summed E-state index contributed by atoms with van der Waals surface area (Å²) in [5.74, 6) is 2.73. The fourth-order valence-electron chi connectivity index (χ4n) is 1.60. The molecule has 0 radical (unpaired) electrons. The van der Waals surface area contributed by atoms with Gasteiger partial charge in [-0.1, -0.05) is 23.7 Å². The van der Waals surface area contributed by atoms with E-state index in [1.165, 1.54) is 5.56 Å². The minimum Gasteiger partial charge on any atom is -0.382 e. The highest BCUT2D eigenvalue weighted by Crippen LogP contribution is 2.16. The quantitative estimate of drug-likeness (QED) is 0.825. The molecule has 1 heterocycles. The van der Waals surface area contributed by atoms with Gasteiger partial charge < -0.3 is 5.73 Å². The van der Waals surface area contributed by atoms with Gasteiger partial charge in [0.15, 0.2) is 0 Å². The Morgan fingerprint density at radius 2 is 2.00 bits per heavy atom. The summed E-state index contributed by atoms with van der Waals surface area (Å²) in [5, 5.41) is 4.94. The highest BCUT2D eigenvalue weighted by molar-refractivity contribution is 7.98. The van der Waals surface area contributed by atoms with Crippen LogP contribution in [0.25, 0.3) is 0 Å². The van der Waals surface area contributed by atoms with Crippen molar-refractivity contribution >= 4 is 29.2 Å². The molecule has 0 bridgehead atoms. The van der Waals surface area contributed by atoms with Crippen LogP contribution in [0.4, 0.5) is 5.82 Å². The summed E-state index contributed by atoms with van der Waals surface area (Å²) < 4.78 is 1.89. The summed E-state index contributed by atoms with van der Waals surface area (Å²) in [6.45, 7) is 0.921. The van der Waals surface area contributed by atoms with Gasteiger partial charge in [-0.05, 0) is 35.9 Å². The van der Waals surface area contributed by atoms with E-state index in [9.17, 15) is 0 Å². The number of benzene rings is 1. The number of anilines is 1. The largest absolute Gasteiger partial charge is 0.382 e. The van der Waals surface area contributed by atoms with Crippen molar-refractivity contribution in [3.8, 4) is 0 Å². The van der Waals surface area contributed by atoms with Crippen molar-refractivity contribution in [2.75, 3.05) is 11.5 Å². The number of nitrogens with zero attached hydrogens (tertiary/aromatic N) is 2. The van der Waals surface area contributed by atoms with E-state index in [1.54, 1.807) is 0 Å². The Morgan fingerprint density at radius 1 is 1.22 bits per heavy atom. The third-order valence-electron chi connectivity index (χ3n) is 2.52. The average molecular weight is 282 g/mol. The van der Waals surface area contributed by atoms with E-state index in [0.717, 1.165) is 29.5 Å². The standard InChI is InChI=1S/C13H16ClN3S/c14-12-4-2-11(3-5-12)10-18-9-1-7-17-8-6-13(15)16-17/h2-6,8H,1,7,9-10H2,(H2,15,16). The van der Waals surface area contributed by atoms with E-state index < -0.39 is 0 Å². The summed E-state index contributed by atoms with van der Waals surface area (Å²) in [6, 6.07) is 9.84. The van der Waals surface area contributed by atoms with Gasteiger partial charge in [0.1, 0.15) is 5.82 Å². The number of aromatic nitrogens is 2. The van der Waals surface area contributed by atoms with Crippen LogP contribution < -0.4 is 5.73 Å². The van der Waals surface area contributed by atoms with E-state index in [-0.39, 0.29) is 0 Å². The van der Waals surface area contributed by atoms with Crippen molar-refractivity contribution in [2.45, 2.75) is 18.7 Å². The second-order valence-corrected chi connectivity index (χ2v) is 5.58. The molecule has 3 nitrogen and oxygen atoms in total. The lowest BCUT2D eigenvalue weighted by molar-refractivity contribution is 0.608. The van der Waals surface area contributed by atoms with Crippen LogP contribution in [0.15, 0.2) is 36.5 Å². The Morgan fingerprint density at radius 3 is 2.67 bits per heavy atom. The zero-order valence-corrected chi connectivity index (χ0v) is 11.6. The van der Waals surface area contributed by atoms with E-state index >= 15 is 0 Å². The van der Waals surface area contributed by atoms with Crippen LogP contribution in [0.2, 0.25) is 5.02 Å². The fourth-order valence-corrected chi connectivity index (χ4v) is 2.63. The maximum absolute atomic E-state index is 5.84. The Kier molecular flexibility index (Phi) is 4.96. The monoisotopic (exact) mass is 281 g/mol. The SMILES string of the molecule is Nc1ccn(CCCSCc2ccc(Cl)cc2)n1. The third kappa shape index (κ3) is 4.27. The molecule has 2 rings (SSSR count). The number of nitrogen functional groups attached to an aromatic ring is 1. The first-order valence-corrected chi connectivity index (χ1v) is 7.38. The minimum absolute atomic E-state index is 0.587. The molecule has 0 saturated heterocycles. The van der Waals surface area contributed by atoms with Gasteiger partial charge in [-0.3, -0.25) is 4.68 Å². The second kappa shape index (κ2) is 6.71. The molecule has 0 aliphatic carbocycles. The molecular weight excluding hydrogens is 266 g/mol. The number of thioether (sulfide) groups is 1. The topological polar surface area (TPSA) is 43.8 Å². The predicted molar refractivity (Wildman–Crippen MR) is 78.9 cm³/mol. The average Bonchev–Trinajstić information content (AvgIpc) is 2.77. The highest BCUT2D eigenvalue weighted by atomic mass is 35.5. The van der Waals surface area contributed by atoms with Crippen LogP contribution in [-0.4, -0.2) is 15.5 Å². The number of rotatable bonds is 6. The smallest absolute Gasteiger partial charge is 0.145 e. The molecule has 0 aliphatic rings. The van der Waals surface area contributed by atoms with E-state index in [1.807, 2.05) is 40.8 Å². The van der Waals surface area contributed by atoms with Crippen LogP contribution in [0.3, 0.4) is 0 Å². The Labute approximate surface area is 116 Å². The number of halogens is 1. The van der Waals surface area contributed by atoms with Crippen molar-refractivity contribution < 1.29 is 0 Å². The molecule has 0 amide bonds. The molecule has 0 atom stereocenters.